The minimum atomic E-state index is -0.351. The van der Waals surface area contributed by atoms with Crippen LogP contribution < -0.4 is 5.46 Å². The maximum absolute atomic E-state index is 6.14. The molecule has 0 N–H and O–H groups in total. The molecule has 0 bridgehead atoms. The Bertz CT molecular complexity index is 724. The molecule has 1 aliphatic heterocycles. The van der Waals surface area contributed by atoms with E-state index in [2.05, 4.69) is 51.5 Å². The maximum Gasteiger partial charge on any atom is 0.497 e. The summed E-state index contributed by atoms with van der Waals surface area (Å²) in [4.78, 5) is 0. The Morgan fingerprint density at radius 3 is 2.79 bits per heavy atom. The second-order valence-electron chi connectivity index (χ2n) is 7.23. The first-order valence-corrected chi connectivity index (χ1v) is 8.46. The van der Waals surface area contributed by atoms with Crippen LogP contribution in [0, 0.1) is 5.92 Å². The molecule has 1 unspecified atom stereocenters. The average Bonchev–Trinajstić information content (AvgIpc) is 3.11. The van der Waals surface area contributed by atoms with Crippen molar-refractivity contribution < 1.29 is 9.31 Å². The molecule has 0 spiro atoms. The lowest BCUT2D eigenvalue weighted by Gasteiger charge is -2.28. The van der Waals surface area contributed by atoms with Crippen LogP contribution in [-0.4, -0.2) is 28.6 Å². The van der Waals surface area contributed by atoms with Gasteiger partial charge in [-0.1, -0.05) is 50.8 Å². The summed E-state index contributed by atoms with van der Waals surface area (Å²) in [5.74, 6) is 0.402. The van der Waals surface area contributed by atoms with Gasteiger partial charge < -0.3 is 9.31 Å². The van der Waals surface area contributed by atoms with E-state index in [4.69, 9.17) is 9.31 Å². The van der Waals surface area contributed by atoms with Crippen molar-refractivity contribution in [1.82, 2.24) is 9.78 Å². The number of nitrogens with zero attached hydrogens (tertiary/aromatic N) is 2. The van der Waals surface area contributed by atoms with Gasteiger partial charge in [0.2, 0.25) is 0 Å². The van der Waals surface area contributed by atoms with Crippen LogP contribution in [0.5, 0.6) is 0 Å². The van der Waals surface area contributed by atoms with Gasteiger partial charge in [0.05, 0.1) is 18.2 Å². The highest BCUT2D eigenvalue weighted by Gasteiger charge is 2.47. The number of rotatable bonds is 5. The van der Waals surface area contributed by atoms with Crippen LogP contribution >= 0.6 is 0 Å². The first-order chi connectivity index (χ1) is 11.4. The Hall–Kier alpha value is -1.85. The molecule has 0 saturated carbocycles. The maximum atomic E-state index is 6.14. The highest BCUT2D eigenvalue weighted by molar-refractivity contribution is 6.61. The van der Waals surface area contributed by atoms with Gasteiger partial charge >= 0.3 is 7.12 Å². The van der Waals surface area contributed by atoms with Crippen LogP contribution in [0.15, 0.2) is 43.2 Å². The third-order valence-electron chi connectivity index (χ3n) is 4.50. The zero-order chi connectivity index (χ0) is 17.3. The summed E-state index contributed by atoms with van der Waals surface area (Å²) in [7, 11) is -0.351. The first kappa shape index (κ1) is 17.0. The molecule has 1 aliphatic rings. The predicted molar refractivity (Wildman–Crippen MR) is 98.1 cm³/mol. The summed E-state index contributed by atoms with van der Waals surface area (Å²) < 4.78 is 14.2. The Labute approximate surface area is 144 Å². The van der Waals surface area contributed by atoms with Gasteiger partial charge in [-0.3, -0.25) is 4.68 Å². The Morgan fingerprint density at radius 1 is 1.38 bits per heavy atom. The van der Waals surface area contributed by atoms with Crippen LogP contribution in [0.25, 0.3) is 6.08 Å². The van der Waals surface area contributed by atoms with Gasteiger partial charge in [0, 0.05) is 17.9 Å². The van der Waals surface area contributed by atoms with Crippen molar-refractivity contribution in [2.75, 3.05) is 0 Å². The van der Waals surface area contributed by atoms with Gasteiger partial charge in [-0.15, -0.1) is 0 Å². The smallest absolute Gasteiger partial charge is 0.401 e. The van der Waals surface area contributed by atoms with Gasteiger partial charge in [-0.2, -0.15) is 5.10 Å². The van der Waals surface area contributed by atoms with E-state index in [0.717, 1.165) is 11.0 Å². The van der Waals surface area contributed by atoms with E-state index < -0.39 is 0 Å². The third kappa shape index (κ3) is 3.33. The van der Waals surface area contributed by atoms with E-state index in [1.807, 2.05) is 35.3 Å². The number of hydrogen-bond donors (Lipinski definition) is 0. The lowest BCUT2D eigenvalue weighted by Crippen LogP contribution is -2.36. The Morgan fingerprint density at radius 2 is 2.12 bits per heavy atom. The monoisotopic (exact) mass is 324 g/mol. The predicted octanol–water partition coefficient (Wildman–Crippen LogP) is 3.12. The fourth-order valence-electron chi connectivity index (χ4n) is 3.41. The van der Waals surface area contributed by atoms with E-state index in [1.54, 1.807) is 0 Å². The molecule has 0 aliphatic carbocycles. The highest BCUT2D eigenvalue weighted by Crippen LogP contribution is 2.31. The third-order valence-corrected chi connectivity index (χ3v) is 4.50. The van der Waals surface area contributed by atoms with Gasteiger partial charge in [0.25, 0.3) is 0 Å². The van der Waals surface area contributed by atoms with Crippen LogP contribution in [0.3, 0.4) is 0 Å². The first-order valence-electron chi connectivity index (χ1n) is 8.46. The van der Waals surface area contributed by atoms with Crippen molar-refractivity contribution in [1.29, 1.82) is 0 Å². The minimum absolute atomic E-state index is 0.0762. The van der Waals surface area contributed by atoms with Crippen molar-refractivity contribution in [2.24, 2.45) is 5.92 Å². The SMILES string of the molecule is C=Cc1ccccc1Cn1cc(B2OC(C(C)C)C(C)(C)O2)cn1. The van der Waals surface area contributed by atoms with Crippen molar-refractivity contribution in [3.8, 4) is 0 Å². The highest BCUT2D eigenvalue weighted by atomic mass is 16.7. The van der Waals surface area contributed by atoms with Crippen molar-refractivity contribution >= 4 is 18.7 Å². The fraction of sp³-hybridized carbons (Fsp3) is 0.421. The molecular formula is C19H25BN2O2. The molecule has 1 aromatic carbocycles. The molecule has 0 radical (unpaired) electrons. The Kier molecular flexibility index (Phi) is 4.65. The van der Waals surface area contributed by atoms with Crippen molar-refractivity contribution in [2.45, 2.75) is 45.9 Å². The van der Waals surface area contributed by atoms with Gasteiger partial charge in [0.1, 0.15) is 0 Å². The molecule has 5 heteroatoms. The summed E-state index contributed by atoms with van der Waals surface area (Å²) in [6.07, 6.45) is 5.79. The summed E-state index contributed by atoms with van der Waals surface area (Å²) >= 11 is 0. The normalized spacial score (nSPS) is 19.9. The molecule has 2 heterocycles. The molecule has 1 fully saturated rings. The lowest BCUT2D eigenvalue weighted by molar-refractivity contribution is 0.0438. The zero-order valence-corrected chi connectivity index (χ0v) is 14.9. The zero-order valence-electron chi connectivity index (χ0n) is 14.9. The number of hydrogen-bond acceptors (Lipinski definition) is 3. The van der Waals surface area contributed by atoms with E-state index in [1.165, 1.54) is 5.56 Å². The van der Waals surface area contributed by atoms with Crippen LogP contribution in [0.1, 0.15) is 38.8 Å². The summed E-state index contributed by atoms with van der Waals surface area (Å²) in [5, 5.41) is 4.47. The fourth-order valence-corrected chi connectivity index (χ4v) is 3.41. The molecule has 3 rings (SSSR count). The second-order valence-corrected chi connectivity index (χ2v) is 7.23. The standard InChI is InChI=1S/C19H25BN2O2/c1-6-15-9-7-8-10-16(15)12-22-13-17(11-21-22)20-23-18(14(2)3)19(4,5)24-20/h6-11,13-14,18H,1,12H2,2-5H3. The van der Waals surface area contributed by atoms with E-state index in [-0.39, 0.29) is 18.8 Å². The molecule has 1 atom stereocenters. The summed E-state index contributed by atoms with van der Waals surface area (Å²) in [6, 6.07) is 8.21. The largest absolute Gasteiger partial charge is 0.497 e. The molecule has 1 saturated heterocycles. The van der Waals surface area contributed by atoms with Crippen molar-refractivity contribution in [3.63, 3.8) is 0 Å². The van der Waals surface area contributed by atoms with E-state index >= 15 is 0 Å². The van der Waals surface area contributed by atoms with Crippen LogP contribution in [-0.2, 0) is 15.9 Å². The molecular weight excluding hydrogens is 299 g/mol. The Balaban J connectivity index is 1.76. The molecule has 24 heavy (non-hydrogen) atoms. The number of aromatic nitrogens is 2. The van der Waals surface area contributed by atoms with Gasteiger partial charge in [-0.05, 0) is 30.9 Å². The molecule has 2 aromatic rings. The average molecular weight is 324 g/mol. The van der Waals surface area contributed by atoms with Crippen molar-refractivity contribution in [3.05, 3.63) is 54.4 Å². The molecule has 1 aromatic heterocycles. The van der Waals surface area contributed by atoms with Gasteiger partial charge in [0.15, 0.2) is 0 Å². The minimum Gasteiger partial charge on any atom is -0.401 e. The van der Waals surface area contributed by atoms with Crippen LogP contribution in [0.2, 0.25) is 0 Å². The topological polar surface area (TPSA) is 36.3 Å². The van der Waals surface area contributed by atoms with Gasteiger partial charge in [-0.25, -0.2) is 0 Å². The lowest BCUT2D eigenvalue weighted by atomic mass is 9.82. The quantitative estimate of drug-likeness (QED) is 0.793. The van der Waals surface area contributed by atoms with E-state index in [9.17, 15) is 0 Å². The molecule has 126 valence electrons. The molecule has 4 nitrogen and oxygen atoms in total. The van der Waals surface area contributed by atoms with Crippen LogP contribution in [0.4, 0.5) is 0 Å². The second kappa shape index (κ2) is 6.57. The summed E-state index contributed by atoms with van der Waals surface area (Å²) in [6.45, 7) is 13.1. The molecule has 0 amide bonds. The summed E-state index contributed by atoms with van der Waals surface area (Å²) in [5.41, 5.74) is 2.98. The van der Waals surface area contributed by atoms with E-state index in [0.29, 0.717) is 12.5 Å². The number of benzene rings is 1.